The minimum atomic E-state index is 0.0819. The summed E-state index contributed by atoms with van der Waals surface area (Å²) in [7, 11) is 0. The summed E-state index contributed by atoms with van der Waals surface area (Å²) in [6, 6.07) is 2.05. The highest BCUT2D eigenvalue weighted by molar-refractivity contribution is 5.51. The van der Waals surface area contributed by atoms with Gasteiger partial charge >= 0.3 is 0 Å². The molecule has 0 radical (unpaired) electrons. The van der Waals surface area contributed by atoms with Crippen LogP contribution in [0.3, 0.4) is 0 Å². The molecule has 2 rings (SSSR count). The Labute approximate surface area is 116 Å². The summed E-state index contributed by atoms with van der Waals surface area (Å²) < 4.78 is 0. The zero-order valence-corrected chi connectivity index (χ0v) is 12.6. The average Bonchev–Trinajstić information content (AvgIpc) is 2.38. The molecular formula is C16H26N2O. The first-order chi connectivity index (χ1) is 9.02. The topological polar surface area (TPSA) is 36.4 Å². The number of aromatic nitrogens is 1. The highest BCUT2D eigenvalue weighted by Gasteiger charge is 2.24. The predicted molar refractivity (Wildman–Crippen MR) is 79.4 cm³/mol. The molecule has 0 atom stereocenters. The Morgan fingerprint density at radius 2 is 1.95 bits per heavy atom. The molecule has 1 aromatic heterocycles. The highest BCUT2D eigenvalue weighted by atomic mass is 16.3. The van der Waals surface area contributed by atoms with Gasteiger partial charge in [0, 0.05) is 24.3 Å². The molecule has 3 heteroatoms. The highest BCUT2D eigenvalue weighted by Crippen LogP contribution is 2.30. The standard InChI is InChI=1S/C16H26N2O/c1-11(2)14-5-7-18(8-6-14)16-15(10-19)12(3)9-13(4)17-16/h9,11,14,19H,5-8,10H2,1-4H3. The van der Waals surface area contributed by atoms with Gasteiger partial charge in [-0.15, -0.1) is 0 Å². The number of anilines is 1. The Kier molecular flexibility index (Phi) is 4.46. The molecule has 0 aliphatic carbocycles. The van der Waals surface area contributed by atoms with E-state index < -0.39 is 0 Å². The number of aliphatic hydroxyl groups is 1. The third kappa shape index (κ3) is 3.08. The van der Waals surface area contributed by atoms with E-state index in [1.54, 1.807) is 0 Å². The van der Waals surface area contributed by atoms with Crippen LogP contribution in [-0.2, 0) is 6.61 Å². The molecule has 0 saturated carbocycles. The fraction of sp³-hybridized carbons (Fsp3) is 0.688. The molecule has 1 fully saturated rings. The predicted octanol–water partition coefficient (Wildman–Crippen LogP) is 3.06. The summed E-state index contributed by atoms with van der Waals surface area (Å²) in [6.45, 7) is 10.9. The summed E-state index contributed by atoms with van der Waals surface area (Å²) in [4.78, 5) is 7.02. The van der Waals surface area contributed by atoms with Gasteiger partial charge in [0.25, 0.3) is 0 Å². The molecule has 1 aromatic rings. The van der Waals surface area contributed by atoms with Crippen molar-refractivity contribution in [3.8, 4) is 0 Å². The second-order valence-electron chi connectivity index (χ2n) is 6.11. The molecule has 106 valence electrons. The maximum absolute atomic E-state index is 9.59. The van der Waals surface area contributed by atoms with Crippen LogP contribution in [0.5, 0.6) is 0 Å². The van der Waals surface area contributed by atoms with Crippen LogP contribution in [0.25, 0.3) is 0 Å². The maximum Gasteiger partial charge on any atom is 0.134 e. The number of piperidine rings is 1. The summed E-state index contributed by atoms with van der Waals surface area (Å²) >= 11 is 0. The Morgan fingerprint density at radius 3 is 2.47 bits per heavy atom. The van der Waals surface area contributed by atoms with Gasteiger partial charge in [-0.25, -0.2) is 4.98 Å². The summed E-state index contributed by atoms with van der Waals surface area (Å²) in [5.41, 5.74) is 3.18. The van der Waals surface area contributed by atoms with Gasteiger partial charge in [0.2, 0.25) is 0 Å². The second-order valence-corrected chi connectivity index (χ2v) is 6.11. The molecule has 0 bridgehead atoms. The van der Waals surface area contributed by atoms with Gasteiger partial charge in [-0.2, -0.15) is 0 Å². The monoisotopic (exact) mass is 262 g/mol. The van der Waals surface area contributed by atoms with Crippen molar-refractivity contribution in [2.45, 2.75) is 47.1 Å². The molecular weight excluding hydrogens is 236 g/mol. The number of aliphatic hydroxyl groups excluding tert-OH is 1. The van der Waals surface area contributed by atoms with Crippen molar-refractivity contribution >= 4 is 5.82 Å². The normalized spacial score (nSPS) is 17.3. The van der Waals surface area contributed by atoms with E-state index in [-0.39, 0.29) is 6.61 Å². The number of hydrogen-bond acceptors (Lipinski definition) is 3. The fourth-order valence-electron chi connectivity index (χ4n) is 3.08. The zero-order chi connectivity index (χ0) is 14.0. The molecule has 0 aromatic carbocycles. The van der Waals surface area contributed by atoms with Gasteiger partial charge in [0.15, 0.2) is 0 Å². The van der Waals surface area contributed by atoms with Crippen LogP contribution in [0.1, 0.15) is 43.5 Å². The van der Waals surface area contributed by atoms with Gasteiger partial charge in [-0.1, -0.05) is 13.8 Å². The number of rotatable bonds is 3. The lowest BCUT2D eigenvalue weighted by molar-refractivity contribution is 0.278. The first-order valence-electron chi connectivity index (χ1n) is 7.35. The molecule has 19 heavy (non-hydrogen) atoms. The van der Waals surface area contributed by atoms with E-state index in [0.29, 0.717) is 0 Å². The summed E-state index contributed by atoms with van der Waals surface area (Å²) in [6.07, 6.45) is 2.47. The van der Waals surface area contributed by atoms with E-state index in [1.807, 2.05) is 6.92 Å². The molecule has 1 saturated heterocycles. The summed E-state index contributed by atoms with van der Waals surface area (Å²) in [5, 5.41) is 9.59. The Bertz CT molecular complexity index is 435. The lowest BCUT2D eigenvalue weighted by atomic mass is 9.86. The van der Waals surface area contributed by atoms with E-state index in [2.05, 4.69) is 36.7 Å². The van der Waals surface area contributed by atoms with E-state index in [4.69, 9.17) is 0 Å². The molecule has 0 amide bonds. The van der Waals surface area contributed by atoms with Crippen LogP contribution in [0, 0.1) is 25.7 Å². The second kappa shape index (κ2) is 5.91. The van der Waals surface area contributed by atoms with Gasteiger partial charge in [0.05, 0.1) is 6.61 Å². The van der Waals surface area contributed by atoms with Crippen LogP contribution in [0.2, 0.25) is 0 Å². The first-order valence-corrected chi connectivity index (χ1v) is 7.35. The molecule has 3 nitrogen and oxygen atoms in total. The van der Waals surface area contributed by atoms with Crippen LogP contribution < -0.4 is 4.90 Å². The number of nitrogens with zero attached hydrogens (tertiary/aromatic N) is 2. The SMILES string of the molecule is Cc1cc(C)c(CO)c(N2CCC(C(C)C)CC2)n1. The molecule has 1 aliphatic rings. The van der Waals surface area contributed by atoms with Crippen molar-refractivity contribution in [2.75, 3.05) is 18.0 Å². The van der Waals surface area contributed by atoms with Crippen LogP contribution >= 0.6 is 0 Å². The van der Waals surface area contributed by atoms with Gasteiger partial charge < -0.3 is 10.0 Å². The maximum atomic E-state index is 9.59. The molecule has 1 N–H and O–H groups in total. The van der Waals surface area contributed by atoms with Crippen molar-refractivity contribution < 1.29 is 5.11 Å². The zero-order valence-electron chi connectivity index (χ0n) is 12.6. The number of pyridine rings is 1. The minimum Gasteiger partial charge on any atom is -0.392 e. The van der Waals surface area contributed by atoms with Crippen molar-refractivity contribution in [1.29, 1.82) is 0 Å². The fourth-order valence-corrected chi connectivity index (χ4v) is 3.08. The van der Waals surface area contributed by atoms with Gasteiger partial charge in [-0.3, -0.25) is 0 Å². The lowest BCUT2D eigenvalue weighted by Crippen LogP contribution is -2.36. The Balaban J connectivity index is 2.19. The van der Waals surface area contributed by atoms with Crippen LogP contribution in [-0.4, -0.2) is 23.2 Å². The quantitative estimate of drug-likeness (QED) is 0.909. The number of aryl methyl sites for hydroxylation is 2. The smallest absolute Gasteiger partial charge is 0.134 e. The van der Waals surface area contributed by atoms with E-state index in [9.17, 15) is 5.11 Å². The molecule has 0 spiro atoms. The van der Waals surface area contributed by atoms with Gasteiger partial charge in [-0.05, 0) is 50.2 Å². The third-order valence-electron chi connectivity index (χ3n) is 4.39. The Morgan fingerprint density at radius 1 is 1.32 bits per heavy atom. The third-order valence-corrected chi connectivity index (χ3v) is 4.39. The van der Waals surface area contributed by atoms with Crippen LogP contribution in [0.15, 0.2) is 6.07 Å². The largest absolute Gasteiger partial charge is 0.392 e. The van der Waals surface area contributed by atoms with Crippen LogP contribution in [0.4, 0.5) is 5.82 Å². The van der Waals surface area contributed by atoms with Crippen molar-refractivity contribution in [1.82, 2.24) is 4.98 Å². The molecule has 0 unspecified atom stereocenters. The summed E-state index contributed by atoms with van der Waals surface area (Å²) in [5.74, 6) is 2.61. The van der Waals surface area contributed by atoms with E-state index in [0.717, 1.165) is 47.6 Å². The number of hydrogen-bond donors (Lipinski definition) is 1. The van der Waals surface area contributed by atoms with Crippen molar-refractivity contribution in [2.24, 2.45) is 11.8 Å². The first kappa shape index (κ1) is 14.3. The van der Waals surface area contributed by atoms with E-state index >= 15 is 0 Å². The Hall–Kier alpha value is -1.09. The lowest BCUT2D eigenvalue weighted by Gasteiger charge is -2.35. The minimum absolute atomic E-state index is 0.0819. The van der Waals surface area contributed by atoms with Gasteiger partial charge in [0.1, 0.15) is 5.82 Å². The van der Waals surface area contributed by atoms with Crippen molar-refractivity contribution in [3.05, 3.63) is 22.9 Å². The van der Waals surface area contributed by atoms with E-state index in [1.165, 1.54) is 12.8 Å². The average molecular weight is 262 g/mol. The van der Waals surface area contributed by atoms with Crippen molar-refractivity contribution in [3.63, 3.8) is 0 Å². The molecule has 2 heterocycles. The molecule has 1 aliphatic heterocycles.